The van der Waals surface area contributed by atoms with Gasteiger partial charge in [-0.15, -0.1) is 0 Å². The predicted octanol–water partition coefficient (Wildman–Crippen LogP) is 1.73. The smallest absolute Gasteiger partial charge is 0.192 e. The number of carbonyl (C=O) groups excluding carboxylic acids is 1. The first-order valence-corrected chi connectivity index (χ1v) is 5.41. The number of phenolic OH excluding ortho intramolecular Hbond substituents is 1. The minimum absolute atomic E-state index is 0.0109. The van der Waals surface area contributed by atoms with E-state index < -0.39 is 5.78 Å². The molecule has 6 nitrogen and oxygen atoms in total. The van der Waals surface area contributed by atoms with Gasteiger partial charge in [-0.25, -0.2) is 0 Å². The van der Waals surface area contributed by atoms with Gasteiger partial charge in [-0.3, -0.25) is 4.79 Å². The number of rotatable bonds is 8. The van der Waals surface area contributed by atoms with Gasteiger partial charge in [0.1, 0.15) is 22.8 Å². The van der Waals surface area contributed by atoms with Crippen LogP contribution in [-0.2, 0) is 9.47 Å². The molecule has 104 valence electrons. The Morgan fingerprint density at radius 1 is 1.26 bits per heavy atom. The summed E-state index contributed by atoms with van der Waals surface area (Å²) in [6.45, 7) is 3.32. The minimum atomic E-state index is -0.457. The highest BCUT2D eigenvalue weighted by molar-refractivity contribution is 6.08. The second-order valence-corrected chi connectivity index (χ2v) is 3.49. The van der Waals surface area contributed by atoms with E-state index in [1.807, 2.05) is 0 Å². The van der Waals surface area contributed by atoms with E-state index in [-0.39, 0.29) is 30.6 Å². The van der Waals surface area contributed by atoms with Crippen molar-refractivity contribution in [1.29, 1.82) is 0 Å². The highest BCUT2D eigenvalue weighted by atomic mass is 16.7. The maximum absolute atomic E-state index is 11.7. The van der Waals surface area contributed by atoms with E-state index >= 15 is 0 Å². The lowest BCUT2D eigenvalue weighted by Crippen LogP contribution is -2.06. The molecule has 19 heavy (non-hydrogen) atoms. The molecule has 0 amide bonds. The fraction of sp³-hybridized carbons (Fsp3) is 0.308. The van der Waals surface area contributed by atoms with Crippen LogP contribution < -0.4 is 9.47 Å². The van der Waals surface area contributed by atoms with Gasteiger partial charge < -0.3 is 24.1 Å². The van der Waals surface area contributed by atoms with Crippen LogP contribution >= 0.6 is 0 Å². The van der Waals surface area contributed by atoms with Gasteiger partial charge in [-0.1, -0.05) is 6.58 Å². The summed E-state index contributed by atoms with van der Waals surface area (Å²) in [7, 11) is 2.91. The number of hydrogen-bond acceptors (Lipinski definition) is 6. The number of ketones is 1. The van der Waals surface area contributed by atoms with Crippen LogP contribution in [0.4, 0.5) is 0 Å². The SMILES string of the molecule is C=CC(=O)c1c(O)cc(OCOC)cc1OCOC. The van der Waals surface area contributed by atoms with E-state index in [9.17, 15) is 9.90 Å². The number of aromatic hydroxyl groups is 1. The second-order valence-electron chi connectivity index (χ2n) is 3.49. The van der Waals surface area contributed by atoms with Crippen LogP contribution in [0.3, 0.4) is 0 Å². The van der Waals surface area contributed by atoms with E-state index in [1.165, 1.54) is 26.4 Å². The summed E-state index contributed by atoms with van der Waals surface area (Å²) in [6, 6.07) is 2.77. The zero-order chi connectivity index (χ0) is 14.3. The number of allylic oxidation sites excluding steroid dienone is 1. The average molecular weight is 268 g/mol. The van der Waals surface area contributed by atoms with E-state index in [1.54, 1.807) is 0 Å². The molecule has 0 bridgehead atoms. The van der Waals surface area contributed by atoms with Gasteiger partial charge in [-0.2, -0.15) is 0 Å². The Morgan fingerprint density at radius 3 is 2.47 bits per heavy atom. The molecule has 0 fully saturated rings. The highest BCUT2D eigenvalue weighted by Crippen LogP contribution is 2.34. The molecule has 0 aliphatic carbocycles. The monoisotopic (exact) mass is 268 g/mol. The van der Waals surface area contributed by atoms with Crippen LogP contribution in [0.15, 0.2) is 24.8 Å². The van der Waals surface area contributed by atoms with E-state index in [0.29, 0.717) is 5.75 Å². The van der Waals surface area contributed by atoms with Gasteiger partial charge in [0, 0.05) is 26.4 Å². The Hall–Kier alpha value is -2.05. The number of carbonyl (C=O) groups is 1. The van der Waals surface area contributed by atoms with Crippen molar-refractivity contribution in [3.8, 4) is 17.2 Å². The van der Waals surface area contributed by atoms with Crippen molar-refractivity contribution in [3.05, 3.63) is 30.4 Å². The molecule has 1 rings (SSSR count). The van der Waals surface area contributed by atoms with Crippen LogP contribution in [0.2, 0.25) is 0 Å². The molecule has 0 aliphatic rings. The Bertz CT molecular complexity index is 455. The predicted molar refractivity (Wildman–Crippen MR) is 67.6 cm³/mol. The molecule has 0 radical (unpaired) electrons. The second kappa shape index (κ2) is 7.40. The van der Waals surface area contributed by atoms with Crippen molar-refractivity contribution in [2.24, 2.45) is 0 Å². The van der Waals surface area contributed by atoms with Crippen LogP contribution in [0.5, 0.6) is 17.2 Å². The normalized spacial score (nSPS) is 10.0. The van der Waals surface area contributed by atoms with Crippen LogP contribution in [0, 0.1) is 0 Å². The summed E-state index contributed by atoms with van der Waals surface area (Å²) < 4.78 is 19.9. The molecular formula is C13H16O6. The van der Waals surface area contributed by atoms with Gasteiger partial charge in [0.25, 0.3) is 0 Å². The molecule has 1 aromatic rings. The van der Waals surface area contributed by atoms with Gasteiger partial charge in [0.05, 0.1) is 0 Å². The fourth-order valence-electron chi connectivity index (χ4n) is 1.37. The molecule has 0 unspecified atom stereocenters. The first kappa shape index (κ1) is 15.0. The highest BCUT2D eigenvalue weighted by Gasteiger charge is 2.17. The molecule has 0 saturated heterocycles. The van der Waals surface area contributed by atoms with Gasteiger partial charge >= 0.3 is 0 Å². The lowest BCUT2D eigenvalue weighted by atomic mass is 10.1. The minimum Gasteiger partial charge on any atom is -0.507 e. The molecule has 0 aromatic heterocycles. The van der Waals surface area contributed by atoms with Crippen LogP contribution in [0.25, 0.3) is 0 Å². The number of ether oxygens (including phenoxy) is 4. The van der Waals surface area contributed by atoms with Crippen molar-refractivity contribution < 1.29 is 28.8 Å². The van der Waals surface area contributed by atoms with Crippen molar-refractivity contribution in [3.63, 3.8) is 0 Å². The van der Waals surface area contributed by atoms with E-state index in [2.05, 4.69) is 6.58 Å². The average Bonchev–Trinajstić information content (AvgIpc) is 2.41. The molecule has 1 aromatic carbocycles. The van der Waals surface area contributed by atoms with Crippen molar-refractivity contribution in [2.75, 3.05) is 27.8 Å². The van der Waals surface area contributed by atoms with Crippen molar-refractivity contribution in [2.45, 2.75) is 0 Å². The first-order valence-electron chi connectivity index (χ1n) is 5.41. The number of phenols is 1. The molecule has 0 heterocycles. The Kier molecular flexibility index (Phi) is 5.84. The molecule has 0 saturated carbocycles. The standard InChI is InChI=1S/C13H16O6/c1-4-10(14)13-11(15)5-9(18-7-16-2)6-12(13)19-8-17-3/h4-6,15H,1,7-8H2,2-3H3. The molecule has 0 spiro atoms. The van der Waals surface area contributed by atoms with Gasteiger partial charge in [0.15, 0.2) is 19.4 Å². The summed E-state index contributed by atoms with van der Waals surface area (Å²) >= 11 is 0. The number of methoxy groups -OCH3 is 2. The summed E-state index contributed by atoms with van der Waals surface area (Å²) in [6.07, 6.45) is 1.09. The molecule has 1 N–H and O–H groups in total. The lowest BCUT2D eigenvalue weighted by molar-refractivity contribution is 0.0453. The third-order valence-corrected chi connectivity index (χ3v) is 2.16. The third kappa shape index (κ3) is 3.97. The quantitative estimate of drug-likeness (QED) is 0.439. The Balaban J connectivity index is 3.13. The maximum Gasteiger partial charge on any atom is 0.192 e. The number of benzene rings is 1. The summed E-state index contributed by atoms with van der Waals surface area (Å²) in [5.74, 6) is -0.254. The molecule has 6 heteroatoms. The topological polar surface area (TPSA) is 74.2 Å². The lowest BCUT2D eigenvalue weighted by Gasteiger charge is -2.13. The summed E-state index contributed by atoms with van der Waals surface area (Å²) in [4.78, 5) is 11.7. The van der Waals surface area contributed by atoms with Crippen molar-refractivity contribution in [1.82, 2.24) is 0 Å². The van der Waals surface area contributed by atoms with E-state index in [0.717, 1.165) is 6.08 Å². The largest absolute Gasteiger partial charge is 0.507 e. The third-order valence-electron chi connectivity index (χ3n) is 2.16. The van der Waals surface area contributed by atoms with Gasteiger partial charge in [-0.05, 0) is 6.08 Å². The first-order chi connectivity index (χ1) is 9.13. The zero-order valence-electron chi connectivity index (χ0n) is 10.8. The van der Waals surface area contributed by atoms with Crippen LogP contribution in [-0.4, -0.2) is 38.7 Å². The van der Waals surface area contributed by atoms with Crippen LogP contribution in [0.1, 0.15) is 10.4 Å². The van der Waals surface area contributed by atoms with Crippen molar-refractivity contribution >= 4 is 5.78 Å². The number of hydrogen-bond donors (Lipinski definition) is 1. The molecule has 0 aliphatic heterocycles. The van der Waals surface area contributed by atoms with E-state index in [4.69, 9.17) is 18.9 Å². The Morgan fingerprint density at radius 2 is 1.89 bits per heavy atom. The Labute approximate surface area is 111 Å². The zero-order valence-corrected chi connectivity index (χ0v) is 10.8. The van der Waals surface area contributed by atoms with Gasteiger partial charge in [0.2, 0.25) is 0 Å². The molecule has 0 atom stereocenters. The molecular weight excluding hydrogens is 252 g/mol. The summed E-state index contributed by atoms with van der Waals surface area (Å²) in [5.41, 5.74) is 0.0109. The fourth-order valence-corrected chi connectivity index (χ4v) is 1.37. The maximum atomic E-state index is 11.7. The summed E-state index contributed by atoms with van der Waals surface area (Å²) in [5, 5.41) is 9.86.